The second kappa shape index (κ2) is 6.31. The summed E-state index contributed by atoms with van der Waals surface area (Å²) in [5.74, 6) is -0.186. The third-order valence-electron chi connectivity index (χ3n) is 4.26. The van der Waals surface area contributed by atoms with Crippen LogP contribution in [0.4, 0.5) is 5.69 Å². The van der Waals surface area contributed by atoms with E-state index in [4.69, 9.17) is 16.0 Å². The van der Waals surface area contributed by atoms with Crippen molar-refractivity contribution >= 4 is 45.1 Å². The monoisotopic (exact) mass is 367 g/mol. The summed E-state index contributed by atoms with van der Waals surface area (Å²) in [6, 6.07) is 14.2. The number of carbonyl (C=O) groups is 1. The number of carbonyl (C=O) groups excluding carboxylic acids is 1. The van der Waals surface area contributed by atoms with Gasteiger partial charge in [-0.05, 0) is 30.3 Å². The van der Waals surface area contributed by atoms with E-state index in [1.165, 1.54) is 15.8 Å². The average molecular weight is 368 g/mol. The van der Waals surface area contributed by atoms with Crippen molar-refractivity contribution in [3.63, 3.8) is 0 Å². The van der Waals surface area contributed by atoms with Gasteiger partial charge in [0.2, 0.25) is 5.91 Å². The summed E-state index contributed by atoms with van der Waals surface area (Å²) in [6.45, 7) is -0.0139. The van der Waals surface area contributed by atoms with E-state index in [-0.39, 0.29) is 12.5 Å². The fourth-order valence-corrected chi connectivity index (χ4v) is 3.09. The Bertz CT molecular complexity index is 1200. The highest BCUT2D eigenvalue weighted by Gasteiger charge is 2.17. The quantitative estimate of drug-likeness (QED) is 0.520. The molecule has 7 heteroatoms. The molecule has 4 aromatic rings. The number of hydrogen-bond donors (Lipinski definition) is 0. The Balaban J connectivity index is 1.76. The minimum atomic E-state index is -0.472. The largest absolute Gasteiger partial charge is 0.422 e. The van der Waals surface area contributed by atoms with Crippen LogP contribution in [-0.2, 0) is 11.3 Å². The number of amides is 1. The molecule has 2 aromatic carbocycles. The number of nitrogens with zero attached hydrogens (tertiary/aromatic N) is 3. The van der Waals surface area contributed by atoms with Crippen molar-refractivity contribution in [3.8, 4) is 0 Å². The van der Waals surface area contributed by atoms with E-state index >= 15 is 0 Å². The van der Waals surface area contributed by atoms with Gasteiger partial charge in [0.1, 0.15) is 17.5 Å². The molecule has 0 N–H and O–H groups in total. The van der Waals surface area contributed by atoms with Crippen LogP contribution in [0.1, 0.15) is 0 Å². The maximum atomic E-state index is 12.7. The molecule has 0 bridgehead atoms. The van der Waals surface area contributed by atoms with Gasteiger partial charge in [-0.25, -0.2) is 4.79 Å². The third-order valence-corrected chi connectivity index (χ3v) is 4.49. The van der Waals surface area contributed by atoms with Crippen LogP contribution in [0.25, 0.3) is 21.9 Å². The highest BCUT2D eigenvalue weighted by Crippen LogP contribution is 2.23. The lowest BCUT2D eigenvalue weighted by Gasteiger charge is -2.18. The number of benzene rings is 2. The van der Waals surface area contributed by atoms with Gasteiger partial charge in [0.15, 0.2) is 0 Å². The number of para-hydroxylation sites is 1. The Morgan fingerprint density at radius 3 is 2.81 bits per heavy atom. The van der Waals surface area contributed by atoms with Crippen LogP contribution in [0.3, 0.4) is 0 Å². The van der Waals surface area contributed by atoms with Gasteiger partial charge < -0.3 is 9.32 Å². The number of halogens is 1. The molecular weight excluding hydrogens is 354 g/mol. The molecule has 26 heavy (non-hydrogen) atoms. The first-order valence-corrected chi connectivity index (χ1v) is 8.32. The second-order valence-corrected chi connectivity index (χ2v) is 6.32. The van der Waals surface area contributed by atoms with Gasteiger partial charge in [-0.15, -0.1) is 0 Å². The Morgan fingerprint density at radius 1 is 1.19 bits per heavy atom. The molecule has 6 nitrogen and oxygen atoms in total. The summed E-state index contributed by atoms with van der Waals surface area (Å²) in [5, 5.41) is 5.86. The zero-order valence-corrected chi connectivity index (χ0v) is 14.6. The van der Waals surface area contributed by atoms with Crippen LogP contribution in [0, 0.1) is 0 Å². The SMILES string of the molecule is CN(C(=O)Cn1ncc2c(=O)oc3ccccc3c21)c1cccc(Cl)c1. The summed E-state index contributed by atoms with van der Waals surface area (Å²) >= 11 is 6.00. The highest BCUT2D eigenvalue weighted by molar-refractivity contribution is 6.30. The van der Waals surface area contributed by atoms with Crippen LogP contribution >= 0.6 is 11.6 Å². The standard InChI is InChI=1S/C19H14ClN3O3/c1-22(13-6-4-5-12(20)9-13)17(24)11-23-18-14-7-2-3-8-16(14)26-19(25)15(18)10-21-23/h2-10H,11H2,1H3. The summed E-state index contributed by atoms with van der Waals surface area (Å²) in [5.41, 5.74) is 1.26. The molecule has 130 valence electrons. The molecule has 0 saturated carbocycles. The van der Waals surface area contributed by atoms with Crippen LogP contribution in [0.15, 0.2) is 63.9 Å². The first kappa shape index (κ1) is 16.4. The van der Waals surface area contributed by atoms with Crippen LogP contribution in [0.2, 0.25) is 5.02 Å². The zero-order valence-electron chi connectivity index (χ0n) is 13.8. The minimum absolute atomic E-state index is 0.0139. The van der Waals surface area contributed by atoms with Crippen molar-refractivity contribution in [2.75, 3.05) is 11.9 Å². The average Bonchev–Trinajstić information content (AvgIpc) is 3.06. The number of anilines is 1. The van der Waals surface area contributed by atoms with E-state index in [1.807, 2.05) is 12.1 Å². The predicted molar refractivity (Wildman–Crippen MR) is 101 cm³/mol. The maximum absolute atomic E-state index is 12.7. The van der Waals surface area contributed by atoms with Crippen molar-refractivity contribution < 1.29 is 9.21 Å². The molecule has 0 aliphatic carbocycles. The van der Waals surface area contributed by atoms with E-state index in [9.17, 15) is 9.59 Å². The smallest absolute Gasteiger partial charge is 0.347 e. The van der Waals surface area contributed by atoms with Crippen LogP contribution < -0.4 is 10.5 Å². The number of hydrogen-bond acceptors (Lipinski definition) is 4. The zero-order chi connectivity index (χ0) is 18.3. The van der Waals surface area contributed by atoms with Gasteiger partial charge in [0.25, 0.3) is 0 Å². The van der Waals surface area contributed by atoms with Gasteiger partial charge in [-0.1, -0.05) is 29.8 Å². The van der Waals surface area contributed by atoms with Crippen molar-refractivity contribution in [1.82, 2.24) is 9.78 Å². The molecule has 2 aromatic heterocycles. The lowest BCUT2D eigenvalue weighted by molar-refractivity contribution is -0.119. The Labute approximate surface area is 153 Å². The van der Waals surface area contributed by atoms with Crippen molar-refractivity contribution in [1.29, 1.82) is 0 Å². The number of rotatable bonds is 3. The molecule has 0 aliphatic rings. The summed E-state index contributed by atoms with van der Waals surface area (Å²) in [6.07, 6.45) is 1.43. The first-order valence-electron chi connectivity index (χ1n) is 7.94. The molecule has 0 saturated heterocycles. The normalized spacial score (nSPS) is 11.2. The van der Waals surface area contributed by atoms with Crippen molar-refractivity contribution in [3.05, 3.63) is 70.2 Å². The van der Waals surface area contributed by atoms with E-state index in [1.54, 1.807) is 43.4 Å². The number of likely N-dealkylation sites (N-methyl/N-ethyl adjacent to an activating group) is 1. The van der Waals surface area contributed by atoms with Crippen LogP contribution in [-0.4, -0.2) is 22.7 Å². The third kappa shape index (κ3) is 2.74. The fraction of sp³-hybridized carbons (Fsp3) is 0.105. The molecule has 0 radical (unpaired) electrons. The van der Waals surface area contributed by atoms with Gasteiger partial charge >= 0.3 is 5.63 Å². The van der Waals surface area contributed by atoms with Gasteiger partial charge in [0, 0.05) is 23.1 Å². The number of aromatic nitrogens is 2. The van der Waals surface area contributed by atoms with Crippen molar-refractivity contribution in [2.45, 2.75) is 6.54 Å². The Hall–Kier alpha value is -3.12. The lowest BCUT2D eigenvalue weighted by atomic mass is 10.2. The molecule has 0 fully saturated rings. The predicted octanol–water partition coefficient (Wildman–Crippen LogP) is 3.46. The molecule has 0 unspecified atom stereocenters. The summed E-state index contributed by atoms with van der Waals surface area (Å²) < 4.78 is 6.83. The van der Waals surface area contributed by atoms with E-state index < -0.39 is 5.63 Å². The molecule has 0 aliphatic heterocycles. The van der Waals surface area contributed by atoms with E-state index in [2.05, 4.69) is 5.10 Å². The first-order chi connectivity index (χ1) is 12.5. The van der Waals surface area contributed by atoms with E-state index in [0.717, 1.165) is 5.39 Å². The topological polar surface area (TPSA) is 68.3 Å². The molecule has 4 rings (SSSR count). The van der Waals surface area contributed by atoms with Crippen molar-refractivity contribution in [2.24, 2.45) is 0 Å². The Kier molecular flexibility index (Phi) is 3.97. The lowest BCUT2D eigenvalue weighted by Crippen LogP contribution is -2.30. The number of fused-ring (bicyclic) bond motifs is 3. The fourth-order valence-electron chi connectivity index (χ4n) is 2.91. The van der Waals surface area contributed by atoms with Crippen LogP contribution in [0.5, 0.6) is 0 Å². The van der Waals surface area contributed by atoms with E-state index in [0.29, 0.717) is 27.2 Å². The molecular formula is C19H14ClN3O3. The molecule has 2 heterocycles. The molecule has 0 spiro atoms. The summed E-state index contributed by atoms with van der Waals surface area (Å²) in [4.78, 5) is 26.4. The highest BCUT2D eigenvalue weighted by atomic mass is 35.5. The molecule has 1 amide bonds. The Morgan fingerprint density at radius 2 is 2.00 bits per heavy atom. The molecule has 0 atom stereocenters. The van der Waals surface area contributed by atoms with Gasteiger partial charge in [-0.2, -0.15) is 5.10 Å². The van der Waals surface area contributed by atoms with Gasteiger partial charge in [-0.3, -0.25) is 9.48 Å². The van der Waals surface area contributed by atoms with Gasteiger partial charge in [0.05, 0.1) is 11.7 Å². The minimum Gasteiger partial charge on any atom is -0.422 e. The summed E-state index contributed by atoms with van der Waals surface area (Å²) in [7, 11) is 1.67. The maximum Gasteiger partial charge on any atom is 0.347 e. The second-order valence-electron chi connectivity index (χ2n) is 5.88.